The number of hydrogen-bond donors (Lipinski definition) is 2. The van der Waals surface area contributed by atoms with Gasteiger partial charge in [0.1, 0.15) is 17.7 Å². The van der Waals surface area contributed by atoms with Gasteiger partial charge in [0.15, 0.2) is 0 Å². The molecule has 0 radical (unpaired) electrons. The molecule has 0 saturated heterocycles. The van der Waals surface area contributed by atoms with E-state index in [4.69, 9.17) is 4.99 Å². The van der Waals surface area contributed by atoms with E-state index in [2.05, 4.69) is 36.5 Å². The van der Waals surface area contributed by atoms with E-state index in [0.717, 1.165) is 22.4 Å². The molecule has 0 aliphatic carbocycles. The Morgan fingerprint density at radius 1 is 0.963 bits per heavy atom. The van der Waals surface area contributed by atoms with Gasteiger partial charge >= 0.3 is 0 Å². The van der Waals surface area contributed by atoms with Crippen LogP contribution in [0.15, 0.2) is 77.8 Å². The summed E-state index contributed by atoms with van der Waals surface area (Å²) in [4.78, 5) is 4.89. The van der Waals surface area contributed by atoms with E-state index in [1.165, 1.54) is 17.7 Å². The third kappa shape index (κ3) is 3.76. The van der Waals surface area contributed by atoms with Gasteiger partial charge in [0, 0.05) is 23.7 Å². The summed E-state index contributed by atoms with van der Waals surface area (Å²) in [6.45, 7) is 2.06. The molecule has 4 rings (SSSR count). The van der Waals surface area contributed by atoms with E-state index >= 15 is 0 Å². The van der Waals surface area contributed by atoms with Crippen molar-refractivity contribution in [3.63, 3.8) is 0 Å². The Morgan fingerprint density at radius 3 is 2.37 bits per heavy atom. The van der Waals surface area contributed by atoms with E-state index in [1.807, 2.05) is 18.2 Å². The molecule has 0 fully saturated rings. The normalized spacial score (nSPS) is 19.6. The Morgan fingerprint density at radius 2 is 1.67 bits per heavy atom. The highest BCUT2D eigenvalue weighted by Gasteiger charge is 2.27. The van der Waals surface area contributed by atoms with Crippen molar-refractivity contribution in [1.82, 2.24) is 5.32 Å². The first kappa shape index (κ1) is 17.4. The molecule has 0 saturated carbocycles. The molecule has 0 spiro atoms. The maximum Gasteiger partial charge on any atom is 0.126 e. The number of nitrogens with one attached hydrogen (secondary N) is 1. The molecule has 2 N–H and O–H groups in total. The van der Waals surface area contributed by atoms with Crippen LogP contribution in [-0.2, 0) is 0 Å². The van der Waals surface area contributed by atoms with Gasteiger partial charge in [-0.2, -0.15) is 0 Å². The third-order valence-electron chi connectivity index (χ3n) is 4.92. The standard InChI is InChI=1S/C23H21FN2O/c1-15-6-8-16(9-7-15)20-14-21(19-4-2-3-5-22(19)27)26-23(25-20)17-10-12-18(24)13-11-17/h2-13,21,23,26-27H,14H2,1H3/t21-,23-/m1/s1. The molecule has 0 amide bonds. The molecule has 1 aliphatic heterocycles. The van der Waals surface area contributed by atoms with Crippen LogP contribution < -0.4 is 5.32 Å². The molecular weight excluding hydrogens is 339 g/mol. The number of benzene rings is 3. The lowest BCUT2D eigenvalue weighted by Gasteiger charge is -2.31. The summed E-state index contributed by atoms with van der Waals surface area (Å²) in [5, 5.41) is 13.8. The van der Waals surface area contributed by atoms with Crippen molar-refractivity contribution < 1.29 is 9.50 Å². The summed E-state index contributed by atoms with van der Waals surface area (Å²) in [5.41, 5.74) is 4.96. The number of aryl methyl sites for hydroxylation is 1. The van der Waals surface area contributed by atoms with Crippen molar-refractivity contribution in [2.45, 2.75) is 25.6 Å². The van der Waals surface area contributed by atoms with Crippen molar-refractivity contribution in [1.29, 1.82) is 0 Å². The summed E-state index contributed by atoms with van der Waals surface area (Å²) in [6.07, 6.45) is 0.360. The molecule has 27 heavy (non-hydrogen) atoms. The second kappa shape index (κ2) is 7.33. The molecule has 1 aliphatic rings. The maximum absolute atomic E-state index is 13.3. The third-order valence-corrected chi connectivity index (χ3v) is 4.92. The van der Waals surface area contributed by atoms with Crippen LogP contribution in [0.2, 0.25) is 0 Å². The molecule has 3 aromatic carbocycles. The summed E-state index contributed by atoms with van der Waals surface area (Å²) in [7, 11) is 0. The molecule has 0 bridgehead atoms. The first-order valence-electron chi connectivity index (χ1n) is 9.03. The van der Waals surface area contributed by atoms with Crippen molar-refractivity contribution in [2.75, 3.05) is 0 Å². The summed E-state index contributed by atoms with van der Waals surface area (Å²) in [6, 6.07) is 21.9. The number of aliphatic imine (C=N–C) groups is 1. The predicted molar refractivity (Wildman–Crippen MR) is 105 cm³/mol. The Labute approximate surface area is 158 Å². The lowest BCUT2D eigenvalue weighted by Crippen LogP contribution is -2.33. The Kier molecular flexibility index (Phi) is 4.73. The van der Waals surface area contributed by atoms with Crippen LogP contribution in [0.1, 0.15) is 40.9 Å². The van der Waals surface area contributed by atoms with Crippen molar-refractivity contribution >= 4 is 5.71 Å². The number of nitrogens with zero attached hydrogens (tertiary/aromatic N) is 1. The number of phenols is 1. The van der Waals surface area contributed by atoms with E-state index < -0.39 is 0 Å². The van der Waals surface area contributed by atoms with E-state index in [0.29, 0.717) is 6.42 Å². The van der Waals surface area contributed by atoms with Gasteiger partial charge in [0.25, 0.3) is 0 Å². The highest BCUT2D eigenvalue weighted by Crippen LogP contribution is 2.34. The zero-order valence-corrected chi connectivity index (χ0v) is 15.1. The SMILES string of the molecule is Cc1ccc(C2=N[C@@H](c3ccc(F)cc3)N[C@@H](c3ccccc3O)C2)cc1. The maximum atomic E-state index is 13.3. The number of rotatable bonds is 3. The second-order valence-electron chi connectivity index (χ2n) is 6.88. The smallest absolute Gasteiger partial charge is 0.126 e. The van der Waals surface area contributed by atoms with Crippen molar-refractivity contribution in [3.8, 4) is 5.75 Å². The summed E-state index contributed by atoms with van der Waals surface area (Å²) in [5.74, 6) is -0.00689. The minimum atomic E-state index is -0.305. The van der Waals surface area contributed by atoms with Crippen LogP contribution in [-0.4, -0.2) is 10.8 Å². The van der Waals surface area contributed by atoms with E-state index in [-0.39, 0.29) is 23.8 Å². The topological polar surface area (TPSA) is 44.6 Å². The summed E-state index contributed by atoms with van der Waals surface area (Å²) < 4.78 is 13.3. The number of hydrogen-bond acceptors (Lipinski definition) is 3. The first-order valence-corrected chi connectivity index (χ1v) is 9.03. The highest BCUT2D eigenvalue weighted by molar-refractivity contribution is 6.01. The lowest BCUT2D eigenvalue weighted by atomic mass is 9.93. The molecule has 3 aromatic rings. The quantitative estimate of drug-likeness (QED) is 0.685. The van der Waals surface area contributed by atoms with Gasteiger partial charge < -0.3 is 5.11 Å². The lowest BCUT2D eigenvalue weighted by molar-refractivity contribution is 0.412. The van der Waals surface area contributed by atoms with Crippen LogP contribution in [0.25, 0.3) is 0 Å². The number of phenolic OH excluding ortho intramolecular Hbond substituents is 1. The number of para-hydroxylation sites is 1. The van der Waals surface area contributed by atoms with Gasteiger partial charge in [-0.05, 0) is 36.2 Å². The molecule has 1 heterocycles. The van der Waals surface area contributed by atoms with Gasteiger partial charge in [0.2, 0.25) is 0 Å². The van der Waals surface area contributed by atoms with Gasteiger partial charge in [-0.3, -0.25) is 10.3 Å². The molecule has 2 atom stereocenters. The van der Waals surface area contributed by atoms with Gasteiger partial charge in [-0.1, -0.05) is 60.2 Å². The van der Waals surface area contributed by atoms with Crippen LogP contribution in [0, 0.1) is 12.7 Å². The fourth-order valence-corrected chi connectivity index (χ4v) is 3.42. The monoisotopic (exact) mass is 360 g/mol. The average molecular weight is 360 g/mol. The average Bonchev–Trinajstić information content (AvgIpc) is 2.69. The minimum absolute atomic E-state index is 0.0879. The van der Waals surface area contributed by atoms with E-state index in [9.17, 15) is 9.50 Å². The van der Waals surface area contributed by atoms with Gasteiger partial charge in [-0.25, -0.2) is 4.39 Å². The Balaban J connectivity index is 1.75. The van der Waals surface area contributed by atoms with Gasteiger partial charge in [0.05, 0.1) is 0 Å². The van der Waals surface area contributed by atoms with Gasteiger partial charge in [-0.15, -0.1) is 0 Å². The Bertz CT molecular complexity index is 964. The fourth-order valence-electron chi connectivity index (χ4n) is 3.42. The highest BCUT2D eigenvalue weighted by atomic mass is 19.1. The largest absolute Gasteiger partial charge is 0.508 e. The van der Waals surface area contributed by atoms with Crippen LogP contribution in [0.3, 0.4) is 0 Å². The zero-order chi connectivity index (χ0) is 18.8. The predicted octanol–water partition coefficient (Wildman–Crippen LogP) is 5.06. The fraction of sp³-hybridized carbons (Fsp3) is 0.174. The number of halogens is 1. The van der Waals surface area contributed by atoms with Crippen LogP contribution in [0.5, 0.6) is 5.75 Å². The summed E-state index contributed by atoms with van der Waals surface area (Å²) >= 11 is 0. The zero-order valence-electron chi connectivity index (χ0n) is 15.1. The minimum Gasteiger partial charge on any atom is -0.508 e. The molecule has 136 valence electrons. The van der Waals surface area contributed by atoms with Crippen LogP contribution in [0.4, 0.5) is 4.39 Å². The second-order valence-corrected chi connectivity index (χ2v) is 6.88. The van der Waals surface area contributed by atoms with E-state index in [1.54, 1.807) is 18.2 Å². The molecule has 0 unspecified atom stereocenters. The number of aromatic hydroxyl groups is 1. The molecule has 0 aromatic heterocycles. The van der Waals surface area contributed by atoms with Crippen molar-refractivity contribution in [2.24, 2.45) is 4.99 Å². The Hall–Kier alpha value is -2.98. The molecule has 3 nitrogen and oxygen atoms in total. The van der Waals surface area contributed by atoms with Crippen LogP contribution >= 0.6 is 0 Å². The first-order chi connectivity index (χ1) is 13.1. The van der Waals surface area contributed by atoms with Crippen molar-refractivity contribution in [3.05, 3.63) is 101 Å². The molecular formula is C23H21FN2O. The molecule has 4 heteroatoms.